The molecule has 1 aromatic rings. The summed E-state index contributed by atoms with van der Waals surface area (Å²) in [7, 11) is 0. The van der Waals surface area contributed by atoms with Crippen LogP contribution in [0.2, 0.25) is 0 Å². The standard InChI is InChI=1S/C12H17N3O3/c13-10-1-2-11(12(7-10)15(16)17)14-8-9-3-5-18-6-4-9/h1-2,7,9,14H,3-6,8,13H2. The van der Waals surface area contributed by atoms with Crippen LogP contribution < -0.4 is 11.1 Å². The minimum absolute atomic E-state index is 0.0297. The zero-order valence-electron chi connectivity index (χ0n) is 10.1. The highest BCUT2D eigenvalue weighted by Crippen LogP contribution is 2.27. The van der Waals surface area contributed by atoms with Gasteiger partial charge in [0.1, 0.15) is 5.69 Å². The van der Waals surface area contributed by atoms with Crippen molar-refractivity contribution in [2.75, 3.05) is 30.8 Å². The number of hydrogen-bond donors (Lipinski definition) is 2. The molecule has 1 heterocycles. The van der Waals surface area contributed by atoms with Crippen LogP contribution in [0.1, 0.15) is 12.8 Å². The summed E-state index contributed by atoms with van der Waals surface area (Å²) in [6.07, 6.45) is 1.99. The Morgan fingerprint density at radius 1 is 1.44 bits per heavy atom. The summed E-state index contributed by atoms with van der Waals surface area (Å²) in [6.45, 7) is 2.28. The number of ether oxygens (including phenoxy) is 1. The smallest absolute Gasteiger partial charge is 0.294 e. The Bertz CT molecular complexity index is 431. The molecule has 0 spiro atoms. The third-order valence-electron chi connectivity index (χ3n) is 3.14. The minimum Gasteiger partial charge on any atom is -0.399 e. The molecule has 0 atom stereocenters. The summed E-state index contributed by atoms with van der Waals surface area (Å²) < 4.78 is 5.28. The second kappa shape index (κ2) is 5.68. The summed E-state index contributed by atoms with van der Waals surface area (Å²) in [5.74, 6) is 0.510. The quantitative estimate of drug-likeness (QED) is 0.485. The van der Waals surface area contributed by atoms with Gasteiger partial charge >= 0.3 is 0 Å². The number of nitrogen functional groups attached to an aromatic ring is 1. The number of nitrogens with one attached hydrogen (secondary N) is 1. The predicted molar refractivity (Wildman–Crippen MR) is 69.5 cm³/mol. The number of hydrogen-bond acceptors (Lipinski definition) is 5. The molecule has 0 saturated carbocycles. The van der Waals surface area contributed by atoms with E-state index < -0.39 is 4.92 Å². The molecule has 0 aromatic heterocycles. The Morgan fingerprint density at radius 2 is 2.17 bits per heavy atom. The van der Waals surface area contributed by atoms with E-state index in [2.05, 4.69) is 5.32 Å². The normalized spacial score (nSPS) is 16.4. The van der Waals surface area contributed by atoms with Gasteiger partial charge < -0.3 is 15.8 Å². The molecule has 1 aliphatic rings. The largest absolute Gasteiger partial charge is 0.399 e. The van der Waals surface area contributed by atoms with Crippen molar-refractivity contribution in [3.8, 4) is 0 Å². The summed E-state index contributed by atoms with van der Waals surface area (Å²) in [5, 5.41) is 14.1. The van der Waals surface area contributed by atoms with E-state index in [1.54, 1.807) is 12.1 Å². The van der Waals surface area contributed by atoms with Crippen LogP contribution in [-0.2, 0) is 4.74 Å². The van der Waals surface area contributed by atoms with Gasteiger partial charge in [-0.15, -0.1) is 0 Å². The Kier molecular flexibility index (Phi) is 3.99. The molecule has 6 nitrogen and oxygen atoms in total. The third-order valence-corrected chi connectivity index (χ3v) is 3.14. The molecule has 1 saturated heterocycles. The molecule has 98 valence electrons. The average molecular weight is 251 g/mol. The van der Waals surface area contributed by atoms with Crippen LogP contribution in [-0.4, -0.2) is 24.7 Å². The molecular formula is C12H17N3O3. The molecule has 0 unspecified atom stereocenters. The molecule has 2 rings (SSSR count). The summed E-state index contributed by atoms with van der Waals surface area (Å²) in [4.78, 5) is 10.5. The van der Waals surface area contributed by atoms with Gasteiger partial charge in [-0.05, 0) is 30.9 Å². The van der Waals surface area contributed by atoms with E-state index in [1.165, 1.54) is 6.07 Å². The van der Waals surface area contributed by atoms with Crippen molar-refractivity contribution >= 4 is 17.1 Å². The van der Waals surface area contributed by atoms with Crippen LogP contribution in [0.3, 0.4) is 0 Å². The number of rotatable bonds is 4. The molecule has 1 aliphatic heterocycles. The maximum Gasteiger partial charge on any atom is 0.294 e. The Hall–Kier alpha value is -1.82. The van der Waals surface area contributed by atoms with Gasteiger partial charge in [-0.2, -0.15) is 0 Å². The minimum atomic E-state index is -0.414. The van der Waals surface area contributed by atoms with Crippen molar-refractivity contribution in [3.05, 3.63) is 28.3 Å². The number of anilines is 2. The van der Waals surface area contributed by atoms with Gasteiger partial charge in [-0.1, -0.05) is 0 Å². The highest BCUT2D eigenvalue weighted by atomic mass is 16.6. The highest BCUT2D eigenvalue weighted by molar-refractivity contribution is 5.66. The first-order valence-electron chi connectivity index (χ1n) is 6.02. The van der Waals surface area contributed by atoms with Gasteiger partial charge in [-0.25, -0.2) is 0 Å². The van der Waals surface area contributed by atoms with E-state index in [4.69, 9.17) is 10.5 Å². The van der Waals surface area contributed by atoms with E-state index in [0.717, 1.165) is 32.6 Å². The van der Waals surface area contributed by atoms with Gasteiger partial charge in [0.05, 0.1) is 4.92 Å². The third kappa shape index (κ3) is 3.10. The molecule has 0 radical (unpaired) electrons. The van der Waals surface area contributed by atoms with Gasteiger partial charge in [0.25, 0.3) is 5.69 Å². The molecule has 18 heavy (non-hydrogen) atoms. The lowest BCUT2D eigenvalue weighted by Crippen LogP contribution is -2.22. The second-order valence-corrected chi connectivity index (χ2v) is 4.47. The van der Waals surface area contributed by atoms with Crippen molar-refractivity contribution in [2.45, 2.75) is 12.8 Å². The monoisotopic (exact) mass is 251 g/mol. The number of nitrogens with zero attached hydrogens (tertiary/aromatic N) is 1. The van der Waals surface area contributed by atoms with Crippen LogP contribution in [0.25, 0.3) is 0 Å². The fourth-order valence-electron chi connectivity index (χ4n) is 2.05. The molecule has 0 bridgehead atoms. The van der Waals surface area contributed by atoms with Gasteiger partial charge in [0.2, 0.25) is 0 Å². The first kappa shape index (κ1) is 12.6. The van der Waals surface area contributed by atoms with Gasteiger partial charge in [0.15, 0.2) is 0 Å². The van der Waals surface area contributed by atoms with Crippen molar-refractivity contribution in [1.29, 1.82) is 0 Å². The average Bonchev–Trinajstić information content (AvgIpc) is 2.38. The van der Waals surface area contributed by atoms with Gasteiger partial charge in [-0.3, -0.25) is 10.1 Å². The number of nitro groups is 1. The first-order valence-corrected chi connectivity index (χ1v) is 6.02. The second-order valence-electron chi connectivity index (χ2n) is 4.47. The zero-order chi connectivity index (χ0) is 13.0. The van der Waals surface area contributed by atoms with Crippen LogP contribution >= 0.6 is 0 Å². The molecule has 1 fully saturated rings. The van der Waals surface area contributed by atoms with Crippen LogP contribution in [0.15, 0.2) is 18.2 Å². The Morgan fingerprint density at radius 3 is 2.83 bits per heavy atom. The van der Waals surface area contributed by atoms with E-state index >= 15 is 0 Å². The fraction of sp³-hybridized carbons (Fsp3) is 0.500. The lowest BCUT2D eigenvalue weighted by atomic mass is 10.0. The van der Waals surface area contributed by atoms with Gasteiger partial charge in [0, 0.05) is 31.5 Å². The molecule has 0 amide bonds. The molecule has 6 heteroatoms. The van der Waals surface area contributed by atoms with E-state index in [1.807, 2.05) is 0 Å². The van der Waals surface area contributed by atoms with Crippen molar-refractivity contribution in [1.82, 2.24) is 0 Å². The van der Waals surface area contributed by atoms with Crippen LogP contribution in [0, 0.1) is 16.0 Å². The van der Waals surface area contributed by atoms with Crippen molar-refractivity contribution < 1.29 is 9.66 Å². The topological polar surface area (TPSA) is 90.4 Å². The number of nitro benzene ring substituents is 1. The highest BCUT2D eigenvalue weighted by Gasteiger charge is 2.17. The maximum atomic E-state index is 10.9. The Balaban J connectivity index is 2.01. The van der Waals surface area contributed by atoms with Crippen molar-refractivity contribution in [3.63, 3.8) is 0 Å². The summed E-state index contributed by atoms with van der Waals surface area (Å²) in [6, 6.07) is 4.71. The molecule has 0 aliphatic carbocycles. The van der Waals surface area contributed by atoms with Crippen molar-refractivity contribution in [2.24, 2.45) is 5.92 Å². The molecule has 3 N–H and O–H groups in total. The molecular weight excluding hydrogens is 234 g/mol. The van der Waals surface area contributed by atoms with Crippen LogP contribution in [0.4, 0.5) is 17.1 Å². The van der Waals surface area contributed by atoms with Crippen LogP contribution in [0.5, 0.6) is 0 Å². The number of nitrogens with two attached hydrogens (primary N) is 1. The van der Waals surface area contributed by atoms with E-state index in [-0.39, 0.29) is 5.69 Å². The predicted octanol–water partition coefficient (Wildman–Crippen LogP) is 2.02. The summed E-state index contributed by atoms with van der Waals surface area (Å²) in [5.41, 5.74) is 6.51. The maximum absolute atomic E-state index is 10.9. The zero-order valence-corrected chi connectivity index (χ0v) is 10.1. The van der Waals surface area contributed by atoms with E-state index in [9.17, 15) is 10.1 Å². The lowest BCUT2D eigenvalue weighted by Gasteiger charge is -2.22. The molecule has 1 aromatic carbocycles. The first-order chi connectivity index (χ1) is 8.66. The van der Waals surface area contributed by atoms with E-state index in [0.29, 0.717) is 17.3 Å². The SMILES string of the molecule is Nc1ccc(NCC2CCOCC2)c([N+](=O)[O-])c1. The lowest BCUT2D eigenvalue weighted by molar-refractivity contribution is -0.383. The number of benzene rings is 1. The Labute approximate surface area is 105 Å². The summed E-state index contributed by atoms with van der Waals surface area (Å²) >= 11 is 0. The fourth-order valence-corrected chi connectivity index (χ4v) is 2.05.